The summed E-state index contributed by atoms with van der Waals surface area (Å²) in [6.07, 6.45) is 5.82. The molecule has 3 nitrogen and oxygen atoms in total. The van der Waals surface area contributed by atoms with Crippen LogP contribution in [-0.4, -0.2) is 16.6 Å². The molecule has 0 radical (unpaired) electrons. The number of carbonyl (C=O) groups excluding carboxylic acids is 2. The third kappa shape index (κ3) is 1.64. The number of allylic oxidation sites excluding steroid dienone is 4. The first-order valence-corrected chi connectivity index (χ1v) is 4.58. The number of aromatic nitrogens is 1. The normalized spacial score (nSPS) is 16.1. The molecule has 0 spiro atoms. The highest BCUT2D eigenvalue weighted by atomic mass is 16.1. The van der Waals surface area contributed by atoms with Crippen LogP contribution in [0.4, 0.5) is 0 Å². The summed E-state index contributed by atoms with van der Waals surface area (Å²) in [6.45, 7) is 1.67. The van der Waals surface area contributed by atoms with Crippen LogP contribution >= 0.6 is 0 Å². The largest absolute Gasteiger partial charge is 0.290 e. The van der Waals surface area contributed by atoms with Crippen LogP contribution in [0.3, 0.4) is 0 Å². The maximum Gasteiger partial charge on any atom is 0.186 e. The minimum Gasteiger partial charge on any atom is -0.290 e. The van der Waals surface area contributed by atoms with Crippen LogP contribution in [-0.2, 0) is 9.59 Å². The van der Waals surface area contributed by atoms with Crippen molar-refractivity contribution in [2.24, 2.45) is 0 Å². The molecule has 0 saturated carbocycles. The minimum atomic E-state index is -0.127. The molecule has 0 amide bonds. The van der Waals surface area contributed by atoms with Crippen molar-refractivity contribution in [1.82, 2.24) is 4.98 Å². The highest BCUT2D eigenvalue weighted by Gasteiger charge is 2.20. The fourth-order valence-electron chi connectivity index (χ4n) is 1.55. The average molecular weight is 199 g/mol. The maximum atomic E-state index is 11.6. The first-order chi connectivity index (χ1) is 7.20. The zero-order valence-electron chi connectivity index (χ0n) is 8.23. The first kappa shape index (κ1) is 9.52. The van der Waals surface area contributed by atoms with E-state index in [9.17, 15) is 9.59 Å². The fourth-order valence-corrected chi connectivity index (χ4v) is 1.55. The number of hydrogen-bond donors (Lipinski definition) is 0. The molecule has 3 heteroatoms. The lowest BCUT2D eigenvalue weighted by molar-refractivity contribution is -0.113. The van der Waals surface area contributed by atoms with Crippen molar-refractivity contribution in [1.29, 1.82) is 0 Å². The van der Waals surface area contributed by atoms with E-state index in [0.29, 0.717) is 11.1 Å². The molecule has 0 aromatic carbocycles. The molecule has 1 aliphatic carbocycles. The summed E-state index contributed by atoms with van der Waals surface area (Å²) in [6, 6.07) is 3.45. The third-order valence-electron chi connectivity index (χ3n) is 2.35. The molecule has 0 unspecified atom stereocenters. The van der Waals surface area contributed by atoms with Crippen molar-refractivity contribution in [3.8, 4) is 0 Å². The molecule has 2 rings (SSSR count). The lowest BCUT2D eigenvalue weighted by atomic mass is 9.91. The first-order valence-electron chi connectivity index (χ1n) is 4.58. The van der Waals surface area contributed by atoms with Gasteiger partial charge in [0.1, 0.15) is 0 Å². The minimum absolute atomic E-state index is 0.110. The molecule has 0 aliphatic heterocycles. The van der Waals surface area contributed by atoms with E-state index in [0.717, 1.165) is 5.56 Å². The van der Waals surface area contributed by atoms with Gasteiger partial charge in [0, 0.05) is 23.5 Å². The quantitative estimate of drug-likeness (QED) is 0.645. The van der Waals surface area contributed by atoms with E-state index in [1.165, 1.54) is 12.2 Å². The fraction of sp³-hybridized carbons (Fsp3) is 0.0833. The van der Waals surface area contributed by atoms with Crippen LogP contribution < -0.4 is 0 Å². The van der Waals surface area contributed by atoms with E-state index in [-0.39, 0.29) is 11.6 Å². The number of hydrogen-bond acceptors (Lipinski definition) is 3. The Kier molecular flexibility index (Phi) is 2.29. The zero-order valence-corrected chi connectivity index (χ0v) is 8.23. The van der Waals surface area contributed by atoms with Crippen LogP contribution in [0.1, 0.15) is 12.5 Å². The molecule has 0 bridgehead atoms. The Balaban J connectivity index is 2.57. The Labute approximate surface area is 87.1 Å². The number of ketones is 2. The average Bonchev–Trinajstić information content (AvgIpc) is 2.26. The SMILES string of the molecule is CC1=C(c2ccncc2)C(=O)C=CC1=O. The van der Waals surface area contributed by atoms with Crippen molar-refractivity contribution < 1.29 is 9.59 Å². The Morgan fingerprint density at radius 2 is 1.60 bits per heavy atom. The van der Waals surface area contributed by atoms with Crippen molar-refractivity contribution in [2.45, 2.75) is 6.92 Å². The van der Waals surface area contributed by atoms with Crippen molar-refractivity contribution in [3.63, 3.8) is 0 Å². The second kappa shape index (κ2) is 3.61. The summed E-state index contributed by atoms with van der Waals surface area (Å²) in [7, 11) is 0. The molecule has 0 N–H and O–H groups in total. The van der Waals surface area contributed by atoms with Crippen molar-refractivity contribution in [3.05, 3.63) is 47.8 Å². The standard InChI is InChI=1S/C12H9NO2/c1-8-10(14)2-3-11(15)12(8)9-4-6-13-7-5-9/h2-7H,1H3. The Hall–Kier alpha value is -2.03. The number of rotatable bonds is 1. The molecule has 1 aromatic heterocycles. The predicted octanol–water partition coefficient (Wildman–Crippen LogP) is 1.56. The number of carbonyl (C=O) groups is 2. The second-order valence-electron chi connectivity index (χ2n) is 3.30. The molecule has 74 valence electrons. The maximum absolute atomic E-state index is 11.6. The second-order valence-corrected chi connectivity index (χ2v) is 3.30. The molecular weight excluding hydrogens is 190 g/mol. The van der Waals surface area contributed by atoms with Crippen LogP contribution in [0.5, 0.6) is 0 Å². The van der Waals surface area contributed by atoms with Gasteiger partial charge in [0.15, 0.2) is 11.6 Å². The summed E-state index contributed by atoms with van der Waals surface area (Å²) in [5.74, 6) is -0.236. The molecule has 0 saturated heterocycles. The molecule has 15 heavy (non-hydrogen) atoms. The van der Waals surface area contributed by atoms with E-state index >= 15 is 0 Å². The Morgan fingerprint density at radius 1 is 1.00 bits per heavy atom. The summed E-state index contributed by atoms with van der Waals surface area (Å²) in [4.78, 5) is 26.9. The van der Waals surface area contributed by atoms with Gasteiger partial charge in [-0.05, 0) is 36.8 Å². The van der Waals surface area contributed by atoms with Crippen LogP contribution in [0.2, 0.25) is 0 Å². The third-order valence-corrected chi connectivity index (χ3v) is 2.35. The highest BCUT2D eigenvalue weighted by molar-refractivity contribution is 6.35. The highest BCUT2D eigenvalue weighted by Crippen LogP contribution is 2.23. The van der Waals surface area contributed by atoms with Crippen LogP contribution in [0, 0.1) is 0 Å². The molecule has 1 heterocycles. The Morgan fingerprint density at radius 3 is 2.27 bits per heavy atom. The van der Waals surface area contributed by atoms with E-state index < -0.39 is 0 Å². The van der Waals surface area contributed by atoms with E-state index in [1.54, 1.807) is 31.5 Å². The van der Waals surface area contributed by atoms with Gasteiger partial charge in [-0.15, -0.1) is 0 Å². The van der Waals surface area contributed by atoms with E-state index in [1.807, 2.05) is 0 Å². The molecule has 0 fully saturated rings. The predicted molar refractivity (Wildman–Crippen MR) is 56.0 cm³/mol. The van der Waals surface area contributed by atoms with Crippen molar-refractivity contribution in [2.75, 3.05) is 0 Å². The summed E-state index contributed by atoms with van der Waals surface area (Å²) >= 11 is 0. The number of pyridine rings is 1. The topological polar surface area (TPSA) is 47.0 Å². The molecular formula is C12H9NO2. The lowest BCUT2D eigenvalue weighted by Gasteiger charge is -2.11. The monoisotopic (exact) mass is 199 g/mol. The van der Waals surface area contributed by atoms with Crippen LogP contribution in [0.15, 0.2) is 42.3 Å². The molecule has 1 aromatic rings. The van der Waals surface area contributed by atoms with Crippen LogP contribution in [0.25, 0.3) is 5.57 Å². The molecule has 1 aliphatic rings. The van der Waals surface area contributed by atoms with Crippen molar-refractivity contribution >= 4 is 17.1 Å². The summed E-state index contributed by atoms with van der Waals surface area (Å²) in [5.41, 5.74) is 1.71. The van der Waals surface area contributed by atoms with Gasteiger partial charge in [0.05, 0.1) is 0 Å². The van der Waals surface area contributed by atoms with Gasteiger partial charge in [-0.2, -0.15) is 0 Å². The lowest BCUT2D eigenvalue weighted by Crippen LogP contribution is -2.11. The van der Waals surface area contributed by atoms with E-state index in [2.05, 4.69) is 4.98 Å². The van der Waals surface area contributed by atoms with Gasteiger partial charge in [0.2, 0.25) is 0 Å². The summed E-state index contributed by atoms with van der Waals surface area (Å²) < 4.78 is 0. The van der Waals surface area contributed by atoms with Gasteiger partial charge >= 0.3 is 0 Å². The zero-order chi connectivity index (χ0) is 10.8. The van der Waals surface area contributed by atoms with Gasteiger partial charge in [-0.3, -0.25) is 14.6 Å². The van der Waals surface area contributed by atoms with Gasteiger partial charge in [-0.25, -0.2) is 0 Å². The van der Waals surface area contributed by atoms with E-state index in [4.69, 9.17) is 0 Å². The smallest absolute Gasteiger partial charge is 0.186 e. The van der Waals surface area contributed by atoms with Gasteiger partial charge < -0.3 is 0 Å². The summed E-state index contributed by atoms with van der Waals surface area (Å²) in [5, 5.41) is 0. The number of nitrogens with zero attached hydrogens (tertiary/aromatic N) is 1. The van der Waals surface area contributed by atoms with Gasteiger partial charge in [-0.1, -0.05) is 0 Å². The Bertz CT molecular complexity index is 484. The van der Waals surface area contributed by atoms with Gasteiger partial charge in [0.25, 0.3) is 0 Å². The molecule has 0 atom stereocenters.